The molecule has 19 heavy (non-hydrogen) atoms. The highest BCUT2D eigenvalue weighted by Crippen LogP contribution is 2.44. The highest BCUT2D eigenvalue weighted by molar-refractivity contribution is 9.11. The van der Waals surface area contributed by atoms with Crippen molar-refractivity contribution in [3.63, 3.8) is 0 Å². The van der Waals surface area contributed by atoms with Crippen molar-refractivity contribution in [2.75, 3.05) is 0 Å². The first-order chi connectivity index (χ1) is 9.04. The van der Waals surface area contributed by atoms with E-state index in [4.69, 9.17) is 0 Å². The number of hydrogen-bond acceptors (Lipinski definition) is 3. The molecule has 0 aliphatic rings. The smallest absolute Gasteiger partial charge is 0.0708 e. The predicted molar refractivity (Wildman–Crippen MR) is 95.8 cm³/mol. The van der Waals surface area contributed by atoms with Crippen molar-refractivity contribution in [3.8, 4) is 19.5 Å². The van der Waals surface area contributed by atoms with E-state index in [2.05, 4.69) is 70.0 Å². The normalized spacial score (nSPS) is 11.2. The fraction of sp³-hybridized carbons (Fsp3) is 0.143. The third-order valence-corrected chi connectivity index (χ3v) is 7.75. The molecular formula is C14H10Br2S3. The van der Waals surface area contributed by atoms with Crippen LogP contribution in [0, 0.1) is 13.8 Å². The molecule has 0 aromatic carbocycles. The molecule has 0 aliphatic carbocycles. The first-order valence-corrected chi connectivity index (χ1v) is 9.70. The van der Waals surface area contributed by atoms with Gasteiger partial charge in [-0.1, -0.05) is 0 Å². The van der Waals surface area contributed by atoms with Crippen LogP contribution in [0.15, 0.2) is 31.8 Å². The maximum atomic E-state index is 3.57. The highest BCUT2D eigenvalue weighted by Gasteiger charge is 2.13. The van der Waals surface area contributed by atoms with Gasteiger partial charge in [0.15, 0.2) is 0 Å². The lowest BCUT2D eigenvalue weighted by Crippen LogP contribution is -1.67. The quantitative estimate of drug-likeness (QED) is 0.396. The summed E-state index contributed by atoms with van der Waals surface area (Å²) < 4.78 is 2.40. The molecule has 3 aromatic heterocycles. The van der Waals surface area contributed by atoms with Gasteiger partial charge in [0.2, 0.25) is 0 Å². The van der Waals surface area contributed by atoms with Crippen LogP contribution in [0.3, 0.4) is 0 Å². The molecule has 0 radical (unpaired) electrons. The fourth-order valence-electron chi connectivity index (χ4n) is 1.96. The minimum atomic E-state index is 1.20. The molecule has 0 saturated carbocycles. The van der Waals surface area contributed by atoms with Gasteiger partial charge in [-0.2, -0.15) is 0 Å². The van der Waals surface area contributed by atoms with Crippen LogP contribution in [0.1, 0.15) is 11.1 Å². The van der Waals surface area contributed by atoms with E-state index in [-0.39, 0.29) is 0 Å². The summed E-state index contributed by atoms with van der Waals surface area (Å²) >= 11 is 12.6. The van der Waals surface area contributed by atoms with Gasteiger partial charge in [-0.3, -0.25) is 0 Å². The highest BCUT2D eigenvalue weighted by atomic mass is 79.9. The van der Waals surface area contributed by atoms with Gasteiger partial charge >= 0.3 is 0 Å². The summed E-state index contributed by atoms with van der Waals surface area (Å²) in [6.45, 7) is 4.34. The molecule has 98 valence electrons. The van der Waals surface area contributed by atoms with E-state index < -0.39 is 0 Å². The monoisotopic (exact) mass is 432 g/mol. The molecule has 0 nitrogen and oxygen atoms in total. The van der Waals surface area contributed by atoms with E-state index in [1.807, 2.05) is 11.3 Å². The van der Waals surface area contributed by atoms with Crippen LogP contribution in [0.2, 0.25) is 0 Å². The molecule has 3 aromatic rings. The zero-order valence-electron chi connectivity index (χ0n) is 10.3. The summed E-state index contributed by atoms with van der Waals surface area (Å²) in [4.78, 5) is 5.45. The SMILES string of the molecule is Cc1cc(Br)sc1-c1ccc(-c2sc(Br)cc2C)s1. The van der Waals surface area contributed by atoms with E-state index in [1.54, 1.807) is 22.7 Å². The number of thiophene rings is 3. The van der Waals surface area contributed by atoms with Crippen LogP contribution in [-0.2, 0) is 0 Å². The van der Waals surface area contributed by atoms with Gasteiger partial charge in [0, 0.05) is 19.5 Å². The second-order valence-electron chi connectivity index (χ2n) is 4.29. The summed E-state index contributed by atoms with van der Waals surface area (Å²) in [6.07, 6.45) is 0. The summed E-state index contributed by atoms with van der Waals surface area (Å²) in [5.74, 6) is 0. The van der Waals surface area contributed by atoms with Gasteiger partial charge in [-0.15, -0.1) is 34.0 Å². The van der Waals surface area contributed by atoms with E-state index in [0.29, 0.717) is 0 Å². The second-order valence-corrected chi connectivity index (χ2v) is 10.2. The zero-order valence-corrected chi connectivity index (χ0v) is 15.9. The maximum absolute atomic E-state index is 3.57. The zero-order chi connectivity index (χ0) is 13.6. The Morgan fingerprint density at radius 3 is 1.47 bits per heavy atom. The minimum absolute atomic E-state index is 1.20. The molecule has 0 N–H and O–H groups in total. The predicted octanol–water partition coefficient (Wildman–Crippen LogP) is 7.35. The van der Waals surface area contributed by atoms with Gasteiger partial charge in [0.05, 0.1) is 7.57 Å². The van der Waals surface area contributed by atoms with Crippen molar-refractivity contribution >= 4 is 65.9 Å². The summed E-state index contributed by atoms with van der Waals surface area (Å²) in [7, 11) is 0. The lowest BCUT2D eigenvalue weighted by Gasteiger charge is -1.95. The number of aryl methyl sites for hydroxylation is 2. The van der Waals surface area contributed by atoms with Gasteiger partial charge in [0.1, 0.15) is 0 Å². The molecule has 0 amide bonds. The Morgan fingerprint density at radius 1 is 0.737 bits per heavy atom. The number of halogens is 2. The Labute approximate surface area is 141 Å². The third-order valence-electron chi connectivity index (χ3n) is 2.83. The van der Waals surface area contributed by atoms with Gasteiger partial charge < -0.3 is 0 Å². The van der Waals surface area contributed by atoms with Crippen molar-refractivity contribution in [1.82, 2.24) is 0 Å². The second kappa shape index (κ2) is 5.45. The fourth-order valence-corrected chi connectivity index (χ4v) is 6.77. The van der Waals surface area contributed by atoms with E-state index >= 15 is 0 Å². The van der Waals surface area contributed by atoms with E-state index in [1.165, 1.54) is 38.2 Å². The molecule has 0 bridgehead atoms. The summed E-state index contributed by atoms with van der Waals surface area (Å²) in [5.41, 5.74) is 2.68. The molecule has 0 unspecified atom stereocenters. The molecular weight excluding hydrogens is 424 g/mol. The van der Waals surface area contributed by atoms with Crippen molar-refractivity contribution in [2.45, 2.75) is 13.8 Å². The molecule has 3 heterocycles. The first-order valence-electron chi connectivity index (χ1n) is 5.67. The van der Waals surface area contributed by atoms with E-state index in [0.717, 1.165) is 0 Å². The Morgan fingerprint density at radius 2 is 1.16 bits per heavy atom. The lowest BCUT2D eigenvalue weighted by molar-refractivity contribution is 1.55. The van der Waals surface area contributed by atoms with Crippen molar-refractivity contribution < 1.29 is 0 Å². The summed E-state index contributed by atoms with van der Waals surface area (Å²) in [5, 5.41) is 0. The van der Waals surface area contributed by atoms with Crippen LogP contribution in [0.5, 0.6) is 0 Å². The minimum Gasteiger partial charge on any atom is -0.133 e. The molecule has 0 fully saturated rings. The Hall–Kier alpha value is 0.0600. The largest absolute Gasteiger partial charge is 0.133 e. The summed E-state index contributed by atoms with van der Waals surface area (Å²) in [6, 6.07) is 8.84. The maximum Gasteiger partial charge on any atom is 0.0708 e. The van der Waals surface area contributed by atoms with Crippen molar-refractivity contribution in [2.24, 2.45) is 0 Å². The topological polar surface area (TPSA) is 0 Å². The number of rotatable bonds is 2. The van der Waals surface area contributed by atoms with Crippen molar-refractivity contribution in [3.05, 3.63) is 43.0 Å². The Bertz CT molecular complexity index is 673. The third kappa shape index (κ3) is 2.76. The van der Waals surface area contributed by atoms with Crippen LogP contribution < -0.4 is 0 Å². The standard InChI is InChI=1S/C14H10Br2S3/c1-7-5-11(15)18-13(7)9-3-4-10(17-9)14-8(2)6-12(16)19-14/h3-6H,1-2H3. The Kier molecular flexibility index (Phi) is 4.02. The van der Waals surface area contributed by atoms with Gasteiger partial charge in [-0.25, -0.2) is 0 Å². The molecule has 5 heteroatoms. The molecule has 0 aliphatic heterocycles. The van der Waals surface area contributed by atoms with Gasteiger partial charge in [-0.05, 0) is 81.1 Å². The van der Waals surface area contributed by atoms with E-state index in [9.17, 15) is 0 Å². The average molecular weight is 434 g/mol. The molecule has 0 atom stereocenters. The molecule has 0 saturated heterocycles. The van der Waals surface area contributed by atoms with Crippen LogP contribution in [-0.4, -0.2) is 0 Å². The Balaban J connectivity index is 2.04. The van der Waals surface area contributed by atoms with Gasteiger partial charge in [0.25, 0.3) is 0 Å². The van der Waals surface area contributed by atoms with Crippen LogP contribution >= 0.6 is 65.9 Å². The average Bonchev–Trinajstić information content (AvgIpc) is 2.99. The first kappa shape index (κ1) is 14.0. The van der Waals surface area contributed by atoms with Crippen molar-refractivity contribution in [1.29, 1.82) is 0 Å². The molecule has 3 rings (SSSR count). The van der Waals surface area contributed by atoms with Crippen LogP contribution in [0.25, 0.3) is 19.5 Å². The number of hydrogen-bond donors (Lipinski definition) is 0. The lowest BCUT2D eigenvalue weighted by atomic mass is 10.2. The van der Waals surface area contributed by atoms with Crippen LogP contribution in [0.4, 0.5) is 0 Å². The molecule has 0 spiro atoms.